The van der Waals surface area contributed by atoms with Crippen LogP contribution in [0.4, 0.5) is 4.79 Å². The Balaban J connectivity index is 3.00. The number of hydrogen-bond acceptors (Lipinski definition) is 3. The highest BCUT2D eigenvalue weighted by molar-refractivity contribution is 6.33. The lowest BCUT2D eigenvalue weighted by atomic mass is 10.2. The molecule has 0 saturated heterocycles. The number of aromatic nitrogens is 1. The molecule has 6 nitrogen and oxygen atoms in total. The summed E-state index contributed by atoms with van der Waals surface area (Å²) in [6.45, 7) is 5.18. The standard InChI is InChI=1S/C11H13N3O3/c1-11(2,3)17-10(16)14-6-4-5-8(14)9(15)7-13-12/h4-7H,1-3H3. The van der Waals surface area contributed by atoms with Gasteiger partial charge in [0, 0.05) is 6.20 Å². The van der Waals surface area contributed by atoms with Crippen molar-refractivity contribution in [2.24, 2.45) is 0 Å². The molecule has 0 bridgehead atoms. The number of nitrogens with zero attached hydrogens (tertiary/aromatic N) is 3. The monoisotopic (exact) mass is 235 g/mol. The van der Waals surface area contributed by atoms with E-state index in [1.165, 1.54) is 18.3 Å². The van der Waals surface area contributed by atoms with Gasteiger partial charge in [-0.15, -0.1) is 0 Å². The largest absolute Gasteiger partial charge is 0.443 e. The van der Waals surface area contributed by atoms with E-state index >= 15 is 0 Å². The smallest absolute Gasteiger partial charge is 0.419 e. The molecular formula is C11H13N3O3. The zero-order valence-electron chi connectivity index (χ0n) is 9.88. The maximum Gasteiger partial charge on any atom is 0.419 e. The van der Waals surface area contributed by atoms with Crippen molar-refractivity contribution in [2.45, 2.75) is 26.4 Å². The quantitative estimate of drug-likeness (QED) is 0.339. The highest BCUT2D eigenvalue weighted by Gasteiger charge is 2.22. The van der Waals surface area contributed by atoms with E-state index in [1.54, 1.807) is 20.8 Å². The third-order valence-electron chi connectivity index (χ3n) is 1.77. The van der Waals surface area contributed by atoms with Gasteiger partial charge < -0.3 is 10.3 Å². The van der Waals surface area contributed by atoms with Crippen LogP contribution in [0.15, 0.2) is 18.3 Å². The maximum absolute atomic E-state index is 11.7. The van der Waals surface area contributed by atoms with Crippen LogP contribution in [0.1, 0.15) is 31.3 Å². The summed E-state index contributed by atoms with van der Waals surface area (Å²) in [5.74, 6) is -0.580. The summed E-state index contributed by atoms with van der Waals surface area (Å²) in [5.41, 5.74) is 7.71. The summed E-state index contributed by atoms with van der Waals surface area (Å²) < 4.78 is 6.18. The Labute approximate surface area is 98.4 Å². The summed E-state index contributed by atoms with van der Waals surface area (Å²) >= 11 is 0. The van der Waals surface area contributed by atoms with Crippen LogP contribution in [0, 0.1) is 0 Å². The molecule has 1 aromatic heterocycles. The minimum atomic E-state index is -0.655. The lowest BCUT2D eigenvalue weighted by molar-refractivity contribution is 0.00225. The Hall–Kier alpha value is -2.20. The summed E-state index contributed by atoms with van der Waals surface area (Å²) in [6.07, 6.45) is 1.47. The van der Waals surface area contributed by atoms with Crippen LogP contribution in [0.5, 0.6) is 0 Å². The molecule has 0 radical (unpaired) electrons. The van der Waals surface area contributed by atoms with Gasteiger partial charge in [0.05, 0.1) is 0 Å². The molecule has 0 N–H and O–H groups in total. The maximum atomic E-state index is 11.7. The van der Waals surface area contributed by atoms with E-state index in [9.17, 15) is 9.59 Å². The van der Waals surface area contributed by atoms with Gasteiger partial charge in [0.2, 0.25) is 0 Å². The Kier molecular flexibility index (Phi) is 3.60. The molecule has 0 aliphatic heterocycles. The van der Waals surface area contributed by atoms with Crippen molar-refractivity contribution in [3.8, 4) is 0 Å². The van der Waals surface area contributed by atoms with Crippen molar-refractivity contribution in [3.05, 3.63) is 29.6 Å². The van der Waals surface area contributed by atoms with E-state index in [0.29, 0.717) is 0 Å². The number of ketones is 1. The molecule has 0 aromatic carbocycles. The minimum Gasteiger partial charge on any atom is -0.443 e. The van der Waals surface area contributed by atoms with E-state index in [-0.39, 0.29) is 5.69 Å². The first-order valence-electron chi connectivity index (χ1n) is 4.97. The van der Waals surface area contributed by atoms with Crippen molar-refractivity contribution in [2.75, 3.05) is 0 Å². The normalized spacial score (nSPS) is 10.5. The molecule has 6 heteroatoms. The molecule has 1 heterocycles. The first-order chi connectivity index (χ1) is 7.85. The molecule has 1 rings (SSSR count). The Morgan fingerprint density at radius 3 is 2.65 bits per heavy atom. The molecule has 0 unspecified atom stereocenters. The predicted octanol–water partition coefficient (Wildman–Crippen LogP) is 1.75. The van der Waals surface area contributed by atoms with Crippen LogP contribution in [0.2, 0.25) is 0 Å². The van der Waals surface area contributed by atoms with Gasteiger partial charge in [-0.3, -0.25) is 4.79 Å². The summed E-state index contributed by atoms with van der Waals surface area (Å²) in [5, 5.41) is 0. The van der Waals surface area contributed by atoms with Gasteiger partial charge >= 0.3 is 12.3 Å². The molecule has 0 spiro atoms. The second kappa shape index (κ2) is 4.76. The van der Waals surface area contributed by atoms with Crippen molar-refractivity contribution in [3.63, 3.8) is 0 Å². The van der Waals surface area contributed by atoms with E-state index in [4.69, 9.17) is 10.3 Å². The first-order valence-corrected chi connectivity index (χ1v) is 4.97. The van der Waals surface area contributed by atoms with Gasteiger partial charge in [-0.05, 0) is 32.9 Å². The van der Waals surface area contributed by atoms with Crippen LogP contribution in [0.3, 0.4) is 0 Å². The fraction of sp³-hybridized carbons (Fsp3) is 0.364. The van der Waals surface area contributed by atoms with Crippen molar-refractivity contribution in [1.29, 1.82) is 0 Å². The zero-order chi connectivity index (χ0) is 13.1. The number of hydrogen-bond donors (Lipinski definition) is 0. The Morgan fingerprint density at radius 2 is 2.12 bits per heavy atom. The van der Waals surface area contributed by atoms with Crippen molar-refractivity contribution >= 4 is 18.1 Å². The number of ether oxygens (including phenoxy) is 1. The molecule has 0 aliphatic carbocycles. The van der Waals surface area contributed by atoms with Gasteiger partial charge in [0.15, 0.2) is 0 Å². The topological polar surface area (TPSA) is 84.7 Å². The van der Waals surface area contributed by atoms with Gasteiger partial charge in [-0.25, -0.2) is 9.36 Å². The third kappa shape index (κ3) is 3.39. The first kappa shape index (κ1) is 12.9. The minimum absolute atomic E-state index is 0.0806. The molecule has 0 aliphatic rings. The van der Waals surface area contributed by atoms with Crippen LogP contribution < -0.4 is 0 Å². The van der Waals surface area contributed by atoms with Crippen LogP contribution >= 0.6 is 0 Å². The Bertz CT molecular complexity index is 490. The predicted molar refractivity (Wildman–Crippen MR) is 60.1 cm³/mol. The van der Waals surface area contributed by atoms with Gasteiger partial charge in [0.25, 0.3) is 5.78 Å². The van der Waals surface area contributed by atoms with Gasteiger partial charge in [-0.2, -0.15) is 4.79 Å². The van der Waals surface area contributed by atoms with Gasteiger partial charge in [0.1, 0.15) is 11.3 Å². The SMILES string of the molecule is CC(C)(C)OC(=O)n1cccc1C(=O)C=[N+]=[N-]. The van der Waals surface area contributed by atoms with Crippen molar-refractivity contribution in [1.82, 2.24) is 4.57 Å². The number of Topliss-reactive ketones (excluding diaryl/α,β-unsaturated/α-hetero) is 1. The Morgan fingerprint density at radius 1 is 1.47 bits per heavy atom. The number of rotatable bonds is 2. The summed E-state index contributed by atoms with van der Waals surface area (Å²) in [4.78, 5) is 25.8. The van der Waals surface area contributed by atoms with Crippen LogP contribution in [0.25, 0.3) is 5.53 Å². The molecule has 1 aromatic rings. The van der Waals surface area contributed by atoms with E-state index in [1.807, 2.05) is 0 Å². The molecule has 0 fully saturated rings. The zero-order valence-corrected chi connectivity index (χ0v) is 9.88. The lowest BCUT2D eigenvalue weighted by Gasteiger charge is -2.19. The fourth-order valence-corrected chi connectivity index (χ4v) is 1.17. The molecule has 17 heavy (non-hydrogen) atoms. The number of carbonyl (C=O) groups excluding carboxylic acids is 2. The molecule has 90 valence electrons. The average Bonchev–Trinajstić information content (AvgIpc) is 2.63. The van der Waals surface area contributed by atoms with E-state index in [2.05, 4.69) is 4.79 Å². The highest BCUT2D eigenvalue weighted by atomic mass is 16.6. The second-order valence-electron chi connectivity index (χ2n) is 4.35. The lowest BCUT2D eigenvalue weighted by Crippen LogP contribution is -2.28. The summed E-state index contributed by atoms with van der Waals surface area (Å²) in [6, 6.07) is 2.97. The third-order valence-corrected chi connectivity index (χ3v) is 1.77. The van der Waals surface area contributed by atoms with Gasteiger partial charge in [-0.1, -0.05) is 0 Å². The molecule has 0 amide bonds. The summed E-state index contributed by atoms with van der Waals surface area (Å²) in [7, 11) is 0. The fourth-order valence-electron chi connectivity index (χ4n) is 1.17. The second-order valence-corrected chi connectivity index (χ2v) is 4.35. The van der Waals surface area contributed by atoms with E-state index < -0.39 is 17.5 Å². The van der Waals surface area contributed by atoms with Crippen LogP contribution in [-0.2, 0) is 4.74 Å². The average molecular weight is 235 g/mol. The molecule has 0 saturated carbocycles. The number of carbonyl (C=O) groups is 2. The van der Waals surface area contributed by atoms with E-state index in [0.717, 1.165) is 10.8 Å². The van der Waals surface area contributed by atoms with Crippen LogP contribution in [-0.4, -0.2) is 33.0 Å². The van der Waals surface area contributed by atoms with Crippen molar-refractivity contribution < 1.29 is 19.1 Å². The highest BCUT2D eigenvalue weighted by Crippen LogP contribution is 2.11. The molecule has 0 atom stereocenters. The molecular weight excluding hydrogens is 222 g/mol.